The molecule has 0 bridgehead atoms. The fraction of sp³-hybridized carbons (Fsp3) is 0.0667. The molecule has 0 spiro atoms. The Morgan fingerprint density at radius 1 is 0.800 bits per heavy atom. The Kier molecular flexibility index (Phi) is 4.49. The van der Waals surface area contributed by atoms with Gasteiger partial charge in [-0.25, -0.2) is 4.39 Å². The summed E-state index contributed by atoms with van der Waals surface area (Å²) in [4.78, 5) is 0.120. The van der Waals surface area contributed by atoms with Gasteiger partial charge in [-0.15, -0.1) is 0 Å². The van der Waals surface area contributed by atoms with Crippen molar-refractivity contribution in [2.75, 3.05) is 0 Å². The lowest BCUT2D eigenvalue weighted by Crippen LogP contribution is -2.09. The molecule has 0 unspecified atom stereocenters. The average Bonchev–Trinajstić information content (AvgIpc) is 2.45. The Morgan fingerprint density at radius 2 is 1.30 bits per heavy atom. The van der Waals surface area contributed by atoms with Crippen molar-refractivity contribution in [1.29, 1.82) is 0 Å². The van der Waals surface area contributed by atoms with Crippen molar-refractivity contribution in [2.45, 2.75) is 11.1 Å². The highest BCUT2D eigenvalue weighted by atomic mass is 32.2. The summed E-state index contributed by atoms with van der Waals surface area (Å²) in [6.45, 7) is 0. The average molecular weight is 298 g/mol. The van der Waals surface area contributed by atoms with Crippen molar-refractivity contribution in [3.63, 3.8) is 0 Å². The van der Waals surface area contributed by atoms with Crippen LogP contribution in [0.25, 0.3) is 4.91 Å². The van der Waals surface area contributed by atoms with Crippen LogP contribution in [-0.4, -0.2) is 6.18 Å². The van der Waals surface area contributed by atoms with E-state index in [9.17, 15) is 17.6 Å². The minimum absolute atomic E-state index is 0.205. The lowest BCUT2D eigenvalue weighted by atomic mass is 10.2. The largest absolute Gasteiger partial charge is 0.444 e. The number of hydrogen-bond donors (Lipinski definition) is 0. The molecule has 0 atom stereocenters. The molecule has 2 aromatic rings. The van der Waals surface area contributed by atoms with Gasteiger partial charge in [0, 0.05) is 4.90 Å². The van der Waals surface area contributed by atoms with Gasteiger partial charge in [0.1, 0.15) is 0 Å². The molecule has 0 N–H and O–H groups in total. The van der Waals surface area contributed by atoms with Crippen LogP contribution in [0, 0.1) is 0 Å². The molecule has 0 saturated carbocycles. The minimum atomic E-state index is -4.99. The number of halogens is 4. The standard InChI is InChI=1S/C15H10F4S/c16-14(15(17,18)19)13(11-7-3-1-4-8-11)20-12-9-5-2-6-10-12/h1-10H/b14-13-. The molecule has 0 aliphatic heterocycles. The van der Waals surface area contributed by atoms with Crippen molar-refractivity contribution < 1.29 is 17.6 Å². The van der Waals surface area contributed by atoms with Crippen LogP contribution >= 0.6 is 11.8 Å². The summed E-state index contributed by atoms with van der Waals surface area (Å²) in [5, 5.41) is 0. The lowest BCUT2D eigenvalue weighted by Gasteiger charge is -2.12. The second kappa shape index (κ2) is 6.13. The Bertz CT molecular complexity index is 588. The van der Waals surface area contributed by atoms with Crippen LogP contribution in [-0.2, 0) is 0 Å². The van der Waals surface area contributed by atoms with Crippen LogP contribution in [0.1, 0.15) is 5.56 Å². The number of allylic oxidation sites excluding steroid dienone is 1. The van der Waals surface area contributed by atoms with Gasteiger partial charge >= 0.3 is 6.18 Å². The summed E-state index contributed by atoms with van der Waals surface area (Å²) in [6.07, 6.45) is -4.99. The highest BCUT2D eigenvalue weighted by Crippen LogP contribution is 2.42. The maximum absolute atomic E-state index is 13.7. The molecule has 2 aromatic carbocycles. The summed E-state index contributed by atoms with van der Waals surface area (Å²) in [7, 11) is 0. The van der Waals surface area contributed by atoms with E-state index in [0.29, 0.717) is 4.90 Å². The Morgan fingerprint density at radius 3 is 1.80 bits per heavy atom. The third-order valence-corrected chi connectivity index (χ3v) is 3.57. The van der Waals surface area contributed by atoms with E-state index in [0.717, 1.165) is 11.8 Å². The molecule has 0 fully saturated rings. The van der Waals surface area contributed by atoms with Crippen LogP contribution < -0.4 is 0 Å². The van der Waals surface area contributed by atoms with Gasteiger partial charge in [-0.2, -0.15) is 13.2 Å². The molecule has 5 heteroatoms. The third-order valence-electron chi connectivity index (χ3n) is 2.45. The summed E-state index contributed by atoms with van der Waals surface area (Å²) in [5.74, 6) is -2.07. The fourth-order valence-corrected chi connectivity index (χ4v) is 2.54. The number of hydrogen-bond acceptors (Lipinski definition) is 1. The smallest absolute Gasteiger partial charge is 0.200 e. The van der Waals surface area contributed by atoms with E-state index in [-0.39, 0.29) is 5.56 Å². The SMILES string of the molecule is F/C(=C(\Sc1ccccc1)c1ccccc1)C(F)(F)F. The summed E-state index contributed by atoms with van der Waals surface area (Å²) < 4.78 is 51.6. The first-order chi connectivity index (χ1) is 9.48. The van der Waals surface area contributed by atoms with Crippen molar-refractivity contribution in [2.24, 2.45) is 0 Å². The minimum Gasteiger partial charge on any atom is -0.200 e. The summed E-state index contributed by atoms with van der Waals surface area (Å²) in [6, 6.07) is 16.1. The zero-order chi connectivity index (χ0) is 14.6. The van der Waals surface area contributed by atoms with E-state index < -0.39 is 16.9 Å². The number of thioether (sulfide) groups is 1. The van der Waals surface area contributed by atoms with E-state index in [1.165, 1.54) is 12.1 Å². The van der Waals surface area contributed by atoms with Crippen LogP contribution in [0.3, 0.4) is 0 Å². The third kappa shape index (κ3) is 3.63. The van der Waals surface area contributed by atoms with Crippen molar-refractivity contribution >= 4 is 16.7 Å². The second-order valence-corrected chi connectivity index (χ2v) is 5.01. The summed E-state index contributed by atoms with van der Waals surface area (Å²) >= 11 is 0.761. The molecular weight excluding hydrogens is 288 g/mol. The van der Waals surface area contributed by atoms with Gasteiger partial charge in [0.05, 0.1) is 4.91 Å². The highest BCUT2D eigenvalue weighted by molar-refractivity contribution is 8.08. The van der Waals surface area contributed by atoms with Gasteiger partial charge in [0.15, 0.2) is 0 Å². The quantitative estimate of drug-likeness (QED) is 0.519. The molecule has 0 heterocycles. The fourth-order valence-electron chi connectivity index (χ4n) is 1.56. The molecule has 0 aliphatic rings. The monoisotopic (exact) mass is 298 g/mol. The van der Waals surface area contributed by atoms with Crippen LogP contribution in [0.15, 0.2) is 71.4 Å². The van der Waals surface area contributed by atoms with Gasteiger partial charge in [-0.3, -0.25) is 0 Å². The number of benzene rings is 2. The van der Waals surface area contributed by atoms with E-state index in [4.69, 9.17) is 0 Å². The first-order valence-electron chi connectivity index (χ1n) is 5.74. The van der Waals surface area contributed by atoms with Crippen molar-refractivity contribution in [3.8, 4) is 0 Å². The molecule has 0 amide bonds. The molecule has 2 rings (SSSR count). The lowest BCUT2D eigenvalue weighted by molar-refractivity contribution is -0.107. The van der Waals surface area contributed by atoms with Crippen LogP contribution in [0.5, 0.6) is 0 Å². The molecular formula is C15H10F4S. The molecule has 20 heavy (non-hydrogen) atoms. The Hall–Kier alpha value is -1.75. The molecule has 0 nitrogen and oxygen atoms in total. The van der Waals surface area contributed by atoms with Gasteiger partial charge < -0.3 is 0 Å². The Labute approximate surface area is 118 Å². The second-order valence-electron chi connectivity index (χ2n) is 3.92. The van der Waals surface area contributed by atoms with Crippen molar-refractivity contribution in [1.82, 2.24) is 0 Å². The van der Waals surface area contributed by atoms with Gasteiger partial charge in [0.25, 0.3) is 0 Å². The molecule has 104 valence electrons. The first kappa shape index (κ1) is 14.7. The number of alkyl halides is 3. The predicted octanol–water partition coefficient (Wildman–Crippen LogP) is 5.68. The van der Waals surface area contributed by atoms with Crippen LogP contribution in [0.2, 0.25) is 0 Å². The zero-order valence-electron chi connectivity index (χ0n) is 10.2. The molecule has 0 aromatic heterocycles. The number of rotatable bonds is 3. The highest BCUT2D eigenvalue weighted by Gasteiger charge is 2.38. The van der Waals surface area contributed by atoms with Gasteiger partial charge in [-0.1, -0.05) is 60.3 Å². The van der Waals surface area contributed by atoms with Crippen LogP contribution in [0.4, 0.5) is 17.6 Å². The Balaban J connectivity index is 2.46. The van der Waals surface area contributed by atoms with Gasteiger partial charge in [0.2, 0.25) is 5.83 Å². The van der Waals surface area contributed by atoms with E-state index in [1.807, 2.05) is 0 Å². The topological polar surface area (TPSA) is 0 Å². The van der Waals surface area contributed by atoms with Gasteiger partial charge in [-0.05, 0) is 17.7 Å². The van der Waals surface area contributed by atoms with E-state index in [1.54, 1.807) is 48.5 Å². The van der Waals surface area contributed by atoms with Crippen molar-refractivity contribution in [3.05, 3.63) is 72.1 Å². The normalized spacial score (nSPS) is 13.0. The zero-order valence-corrected chi connectivity index (χ0v) is 11.0. The van der Waals surface area contributed by atoms with E-state index >= 15 is 0 Å². The first-order valence-corrected chi connectivity index (χ1v) is 6.55. The maximum Gasteiger partial charge on any atom is 0.444 e. The molecule has 0 saturated heterocycles. The maximum atomic E-state index is 13.7. The summed E-state index contributed by atoms with van der Waals surface area (Å²) in [5.41, 5.74) is 0.205. The molecule has 0 radical (unpaired) electrons. The van der Waals surface area contributed by atoms with E-state index in [2.05, 4.69) is 0 Å². The molecule has 0 aliphatic carbocycles. The predicted molar refractivity (Wildman–Crippen MR) is 72.8 cm³/mol.